The van der Waals surface area contributed by atoms with E-state index >= 15 is 0 Å². The Morgan fingerprint density at radius 1 is 1.53 bits per heavy atom. The molecule has 0 fully saturated rings. The third kappa shape index (κ3) is 2.68. The van der Waals surface area contributed by atoms with Gasteiger partial charge >= 0.3 is 5.92 Å². The van der Waals surface area contributed by atoms with Crippen LogP contribution in [0.4, 0.5) is 8.78 Å². The van der Waals surface area contributed by atoms with E-state index in [1.165, 1.54) is 24.0 Å². The highest BCUT2D eigenvalue weighted by atomic mass is 19.3. The summed E-state index contributed by atoms with van der Waals surface area (Å²) in [7, 11) is 1.50. The first kappa shape index (κ1) is 11.5. The molecule has 0 saturated carbocycles. The van der Waals surface area contributed by atoms with Gasteiger partial charge in [-0.2, -0.15) is 13.9 Å². The van der Waals surface area contributed by atoms with E-state index in [-0.39, 0.29) is 5.69 Å². The van der Waals surface area contributed by atoms with Crippen LogP contribution in [0.1, 0.15) is 23.8 Å². The molecule has 0 amide bonds. The van der Waals surface area contributed by atoms with Gasteiger partial charge in [-0.15, -0.1) is 0 Å². The molecule has 15 heavy (non-hydrogen) atoms. The third-order valence-corrected chi connectivity index (χ3v) is 1.92. The van der Waals surface area contributed by atoms with Gasteiger partial charge in [0.05, 0.1) is 6.42 Å². The summed E-state index contributed by atoms with van der Waals surface area (Å²) >= 11 is 0. The second kappa shape index (κ2) is 3.88. The van der Waals surface area contributed by atoms with Crippen LogP contribution in [0.5, 0.6) is 0 Å². The minimum absolute atomic E-state index is 0.146. The lowest BCUT2D eigenvalue weighted by Crippen LogP contribution is -2.27. The van der Waals surface area contributed by atoms with Gasteiger partial charge < -0.3 is 0 Å². The van der Waals surface area contributed by atoms with Crippen LogP contribution in [-0.2, 0) is 11.8 Å². The predicted octanol–water partition coefficient (Wildman–Crippen LogP) is 1.22. The Labute approximate surface area is 84.9 Å². The van der Waals surface area contributed by atoms with Crippen molar-refractivity contribution < 1.29 is 18.4 Å². The van der Waals surface area contributed by atoms with Gasteiger partial charge in [-0.1, -0.05) is 0 Å². The molecule has 0 unspecified atom stereocenters. The summed E-state index contributed by atoms with van der Waals surface area (Å²) in [6, 6.07) is 1.38. The first-order valence-electron chi connectivity index (χ1n) is 4.24. The van der Waals surface area contributed by atoms with Crippen molar-refractivity contribution in [1.82, 2.24) is 9.78 Å². The lowest BCUT2D eigenvalue weighted by Gasteiger charge is -2.07. The number of hydrogen-bond donors (Lipinski definition) is 0. The van der Waals surface area contributed by atoms with Crippen molar-refractivity contribution in [2.24, 2.45) is 7.05 Å². The Morgan fingerprint density at radius 2 is 2.13 bits per heavy atom. The maximum absolute atomic E-state index is 12.5. The number of aryl methyl sites for hydroxylation is 1. The Balaban J connectivity index is 2.74. The molecule has 0 bridgehead atoms. The number of aromatic nitrogens is 2. The maximum atomic E-state index is 12.5. The molecule has 0 aliphatic rings. The second-order valence-corrected chi connectivity index (χ2v) is 3.25. The first-order valence-corrected chi connectivity index (χ1v) is 4.24. The molecule has 0 saturated heterocycles. The van der Waals surface area contributed by atoms with E-state index in [2.05, 4.69) is 5.10 Å². The number of halogens is 2. The molecule has 4 nitrogen and oxygen atoms in total. The molecule has 82 valence electrons. The van der Waals surface area contributed by atoms with Crippen molar-refractivity contribution in [3.8, 4) is 0 Å². The number of rotatable bonds is 4. The quantitative estimate of drug-likeness (QED) is 0.561. The van der Waals surface area contributed by atoms with Crippen LogP contribution < -0.4 is 0 Å². The van der Waals surface area contributed by atoms with Crippen molar-refractivity contribution in [1.29, 1.82) is 0 Å². The van der Waals surface area contributed by atoms with E-state index in [4.69, 9.17) is 0 Å². The summed E-state index contributed by atoms with van der Waals surface area (Å²) in [6.07, 6.45) is 0.560. The first-order chi connectivity index (χ1) is 6.82. The molecule has 0 N–H and O–H groups in total. The van der Waals surface area contributed by atoms with E-state index in [1.54, 1.807) is 0 Å². The van der Waals surface area contributed by atoms with Gasteiger partial charge in [0.1, 0.15) is 5.69 Å². The molecule has 1 aromatic heterocycles. The van der Waals surface area contributed by atoms with Gasteiger partial charge in [-0.3, -0.25) is 14.3 Å². The van der Waals surface area contributed by atoms with Gasteiger partial charge in [0.25, 0.3) is 0 Å². The largest absolute Gasteiger partial charge is 0.303 e. The van der Waals surface area contributed by atoms with Crippen molar-refractivity contribution in [2.75, 3.05) is 0 Å². The second-order valence-electron chi connectivity index (χ2n) is 3.25. The van der Waals surface area contributed by atoms with Crippen molar-refractivity contribution in [3.05, 3.63) is 18.0 Å². The SMILES string of the molecule is Cn1nccc1C(=O)CC(=O)C(C)(F)F. The van der Waals surface area contributed by atoms with Gasteiger partial charge in [-0.05, 0) is 6.07 Å². The van der Waals surface area contributed by atoms with Gasteiger partial charge in [0.15, 0.2) is 5.78 Å². The number of ketones is 2. The summed E-state index contributed by atoms with van der Waals surface area (Å²) in [5.74, 6) is -5.50. The van der Waals surface area contributed by atoms with E-state index < -0.39 is 23.9 Å². The van der Waals surface area contributed by atoms with Crippen molar-refractivity contribution in [3.63, 3.8) is 0 Å². The average Bonchev–Trinajstić information content (AvgIpc) is 2.49. The number of nitrogens with zero attached hydrogens (tertiary/aromatic N) is 2. The van der Waals surface area contributed by atoms with E-state index in [0.29, 0.717) is 6.92 Å². The van der Waals surface area contributed by atoms with Gasteiger partial charge in [0, 0.05) is 20.2 Å². The highest BCUT2D eigenvalue weighted by Gasteiger charge is 2.33. The Bertz CT molecular complexity index is 393. The normalized spacial score (nSPS) is 11.5. The smallest absolute Gasteiger partial charge is 0.292 e. The fraction of sp³-hybridized carbons (Fsp3) is 0.444. The summed E-state index contributed by atoms with van der Waals surface area (Å²) in [5.41, 5.74) is 0.146. The van der Waals surface area contributed by atoms with Crippen LogP contribution in [0.15, 0.2) is 12.3 Å². The number of Topliss-reactive ketones (excluding diaryl/α,β-unsaturated/α-hetero) is 2. The molecule has 0 atom stereocenters. The highest BCUT2D eigenvalue weighted by molar-refractivity contribution is 6.08. The Kier molecular flexibility index (Phi) is 2.97. The topological polar surface area (TPSA) is 52.0 Å². The molecule has 0 aromatic carbocycles. The molecule has 1 rings (SSSR count). The van der Waals surface area contributed by atoms with Crippen LogP contribution in [0, 0.1) is 0 Å². The van der Waals surface area contributed by atoms with Crippen LogP contribution in [-0.4, -0.2) is 27.3 Å². The van der Waals surface area contributed by atoms with Crippen LogP contribution >= 0.6 is 0 Å². The van der Waals surface area contributed by atoms with E-state index in [1.807, 2.05) is 0 Å². The molecule has 0 aliphatic carbocycles. The predicted molar refractivity (Wildman–Crippen MR) is 47.8 cm³/mol. The zero-order chi connectivity index (χ0) is 11.6. The Morgan fingerprint density at radius 3 is 2.53 bits per heavy atom. The third-order valence-electron chi connectivity index (χ3n) is 1.92. The lowest BCUT2D eigenvalue weighted by atomic mass is 10.1. The van der Waals surface area contributed by atoms with Gasteiger partial charge in [-0.25, -0.2) is 0 Å². The number of alkyl halides is 2. The summed E-state index contributed by atoms with van der Waals surface area (Å²) in [4.78, 5) is 22.2. The summed E-state index contributed by atoms with van der Waals surface area (Å²) in [6.45, 7) is 0.478. The zero-order valence-corrected chi connectivity index (χ0v) is 8.33. The lowest BCUT2D eigenvalue weighted by molar-refractivity contribution is -0.139. The Hall–Kier alpha value is -1.59. The molecular weight excluding hydrogens is 206 g/mol. The van der Waals surface area contributed by atoms with Crippen LogP contribution in [0.3, 0.4) is 0 Å². The molecule has 1 aromatic rings. The van der Waals surface area contributed by atoms with Crippen LogP contribution in [0.2, 0.25) is 0 Å². The number of carbonyl (C=O) groups excluding carboxylic acids is 2. The van der Waals surface area contributed by atoms with Gasteiger partial charge in [0.2, 0.25) is 5.78 Å². The monoisotopic (exact) mass is 216 g/mol. The average molecular weight is 216 g/mol. The van der Waals surface area contributed by atoms with E-state index in [9.17, 15) is 18.4 Å². The standard InChI is InChI=1S/C9H10F2N2O2/c1-9(10,11)8(15)5-7(14)6-3-4-12-13(6)2/h3-4H,5H2,1-2H3. The fourth-order valence-corrected chi connectivity index (χ4v) is 1.04. The van der Waals surface area contributed by atoms with Crippen molar-refractivity contribution >= 4 is 11.6 Å². The minimum atomic E-state index is -3.46. The molecule has 1 heterocycles. The molecule has 0 spiro atoms. The fourth-order valence-electron chi connectivity index (χ4n) is 1.04. The molecular formula is C9H10F2N2O2. The summed E-state index contributed by atoms with van der Waals surface area (Å²) in [5, 5.41) is 3.70. The van der Waals surface area contributed by atoms with Crippen LogP contribution in [0.25, 0.3) is 0 Å². The number of carbonyl (C=O) groups is 2. The molecule has 6 heteroatoms. The number of hydrogen-bond acceptors (Lipinski definition) is 3. The highest BCUT2D eigenvalue weighted by Crippen LogP contribution is 2.16. The zero-order valence-electron chi connectivity index (χ0n) is 8.33. The van der Waals surface area contributed by atoms with E-state index in [0.717, 1.165) is 0 Å². The summed E-state index contributed by atoms with van der Waals surface area (Å²) < 4.78 is 26.2. The maximum Gasteiger partial charge on any atom is 0.303 e. The van der Waals surface area contributed by atoms with Crippen molar-refractivity contribution in [2.45, 2.75) is 19.3 Å². The minimum Gasteiger partial charge on any atom is -0.292 e. The molecule has 0 radical (unpaired) electrons. The molecule has 0 aliphatic heterocycles.